The van der Waals surface area contributed by atoms with E-state index in [1.807, 2.05) is 37.3 Å². The lowest BCUT2D eigenvalue weighted by Gasteiger charge is -2.21. The Bertz CT molecular complexity index is 444. The molecule has 0 spiro atoms. The van der Waals surface area contributed by atoms with Crippen molar-refractivity contribution in [1.82, 2.24) is 4.90 Å². The number of carbonyl (C=O) groups is 2. The van der Waals surface area contributed by atoms with Crippen LogP contribution in [0.5, 0.6) is 0 Å². The van der Waals surface area contributed by atoms with E-state index in [4.69, 9.17) is 5.11 Å². The molecule has 0 unspecified atom stereocenters. The average molecular weight is 247 g/mol. The van der Waals surface area contributed by atoms with Gasteiger partial charge in [0.25, 0.3) is 0 Å². The fourth-order valence-electron chi connectivity index (χ4n) is 2.08. The Morgan fingerprint density at radius 1 is 1.33 bits per heavy atom. The van der Waals surface area contributed by atoms with Gasteiger partial charge in [0.05, 0.1) is 0 Å². The Labute approximate surface area is 106 Å². The van der Waals surface area contributed by atoms with Crippen molar-refractivity contribution in [2.24, 2.45) is 11.8 Å². The van der Waals surface area contributed by atoms with Crippen LogP contribution in [-0.2, 0) is 16.1 Å². The van der Waals surface area contributed by atoms with E-state index in [-0.39, 0.29) is 18.4 Å². The van der Waals surface area contributed by atoms with E-state index >= 15 is 0 Å². The highest BCUT2D eigenvalue weighted by atomic mass is 16.4. The van der Waals surface area contributed by atoms with Crippen LogP contribution in [0.25, 0.3) is 0 Å². The van der Waals surface area contributed by atoms with Crippen LogP contribution in [0, 0.1) is 11.8 Å². The minimum absolute atomic E-state index is 0.0214. The Hall–Kier alpha value is -1.84. The van der Waals surface area contributed by atoms with Crippen LogP contribution < -0.4 is 0 Å². The summed E-state index contributed by atoms with van der Waals surface area (Å²) in [5, 5.41) is 8.89. The monoisotopic (exact) mass is 247 g/mol. The van der Waals surface area contributed by atoms with Crippen LogP contribution in [0.1, 0.15) is 18.9 Å². The van der Waals surface area contributed by atoms with Crippen molar-refractivity contribution in [3.05, 3.63) is 35.9 Å². The molecule has 0 heterocycles. The molecule has 2 atom stereocenters. The number of benzene rings is 1. The van der Waals surface area contributed by atoms with Gasteiger partial charge in [-0.25, -0.2) is 0 Å². The maximum Gasteiger partial charge on any atom is 0.323 e. The lowest BCUT2D eigenvalue weighted by atomic mass is 10.2. The van der Waals surface area contributed by atoms with Gasteiger partial charge >= 0.3 is 5.97 Å². The van der Waals surface area contributed by atoms with Gasteiger partial charge in [0, 0.05) is 12.5 Å². The van der Waals surface area contributed by atoms with Crippen molar-refractivity contribution >= 4 is 11.9 Å². The van der Waals surface area contributed by atoms with Crippen LogP contribution in [0.4, 0.5) is 0 Å². The molecule has 4 heteroatoms. The molecule has 0 saturated heterocycles. The quantitative estimate of drug-likeness (QED) is 0.862. The number of hydrogen-bond donors (Lipinski definition) is 1. The van der Waals surface area contributed by atoms with Gasteiger partial charge in [-0.05, 0) is 17.9 Å². The fraction of sp³-hybridized carbons (Fsp3) is 0.429. The van der Waals surface area contributed by atoms with Crippen LogP contribution in [0.2, 0.25) is 0 Å². The third kappa shape index (κ3) is 3.09. The third-order valence-electron chi connectivity index (χ3n) is 3.28. The van der Waals surface area contributed by atoms with Gasteiger partial charge in [0.2, 0.25) is 5.91 Å². The molecule has 1 aliphatic carbocycles. The van der Waals surface area contributed by atoms with Gasteiger partial charge in [0.1, 0.15) is 6.54 Å². The number of aliphatic carboxylic acids is 1. The molecule has 4 nitrogen and oxygen atoms in total. The molecule has 1 aromatic carbocycles. The zero-order valence-corrected chi connectivity index (χ0v) is 10.4. The number of carboxylic acids is 1. The Morgan fingerprint density at radius 2 is 1.94 bits per heavy atom. The summed E-state index contributed by atoms with van der Waals surface area (Å²) < 4.78 is 0. The molecule has 1 amide bonds. The Balaban J connectivity index is 2.05. The second-order valence-electron chi connectivity index (χ2n) is 4.89. The van der Waals surface area contributed by atoms with E-state index in [1.165, 1.54) is 4.90 Å². The molecule has 0 aromatic heterocycles. The van der Waals surface area contributed by atoms with Crippen molar-refractivity contribution in [3.8, 4) is 0 Å². The van der Waals surface area contributed by atoms with Gasteiger partial charge in [0.15, 0.2) is 0 Å². The normalized spacial score (nSPS) is 21.4. The molecule has 1 aromatic rings. The molecule has 1 fully saturated rings. The lowest BCUT2D eigenvalue weighted by molar-refractivity contribution is -0.145. The molecular formula is C14H17NO3. The fourth-order valence-corrected chi connectivity index (χ4v) is 2.08. The van der Waals surface area contributed by atoms with E-state index in [1.54, 1.807) is 0 Å². The molecule has 1 saturated carbocycles. The highest BCUT2D eigenvalue weighted by molar-refractivity contribution is 5.85. The number of rotatable bonds is 5. The van der Waals surface area contributed by atoms with Gasteiger partial charge < -0.3 is 10.0 Å². The topological polar surface area (TPSA) is 57.6 Å². The zero-order chi connectivity index (χ0) is 13.1. The first kappa shape index (κ1) is 12.6. The van der Waals surface area contributed by atoms with Crippen LogP contribution in [-0.4, -0.2) is 28.4 Å². The minimum atomic E-state index is -0.965. The molecule has 18 heavy (non-hydrogen) atoms. The predicted molar refractivity (Wildman–Crippen MR) is 66.8 cm³/mol. The number of amides is 1. The largest absolute Gasteiger partial charge is 0.480 e. The van der Waals surface area contributed by atoms with E-state index in [0.29, 0.717) is 12.5 Å². The summed E-state index contributed by atoms with van der Waals surface area (Å²) >= 11 is 0. The van der Waals surface area contributed by atoms with Crippen LogP contribution >= 0.6 is 0 Å². The maximum absolute atomic E-state index is 12.1. The molecule has 0 radical (unpaired) electrons. The summed E-state index contributed by atoms with van der Waals surface area (Å²) in [6, 6.07) is 9.48. The first-order chi connectivity index (χ1) is 8.58. The standard InChI is InChI=1S/C14H17NO3/c1-10-7-12(10)14(18)15(9-13(16)17)8-11-5-3-2-4-6-11/h2-6,10,12H,7-9H2,1H3,(H,16,17)/t10-,12+/m1/s1. The predicted octanol–water partition coefficient (Wildman–Crippen LogP) is 1.76. The van der Waals surface area contributed by atoms with Crippen LogP contribution in [0.3, 0.4) is 0 Å². The summed E-state index contributed by atoms with van der Waals surface area (Å²) in [6.07, 6.45) is 0.879. The molecule has 0 bridgehead atoms. The SMILES string of the molecule is C[C@@H]1C[C@@H]1C(=O)N(CC(=O)O)Cc1ccccc1. The summed E-state index contributed by atoms with van der Waals surface area (Å²) in [5.41, 5.74) is 0.959. The first-order valence-electron chi connectivity index (χ1n) is 6.12. The van der Waals surface area contributed by atoms with E-state index in [0.717, 1.165) is 12.0 Å². The van der Waals surface area contributed by atoms with E-state index in [2.05, 4.69) is 0 Å². The molecule has 0 aliphatic heterocycles. The first-order valence-corrected chi connectivity index (χ1v) is 6.12. The van der Waals surface area contributed by atoms with Crippen LogP contribution in [0.15, 0.2) is 30.3 Å². The summed E-state index contributed by atoms with van der Waals surface area (Å²) in [6.45, 7) is 2.16. The number of carbonyl (C=O) groups excluding carboxylic acids is 1. The lowest BCUT2D eigenvalue weighted by Crippen LogP contribution is -2.36. The van der Waals surface area contributed by atoms with Gasteiger partial charge in [-0.15, -0.1) is 0 Å². The molecule has 96 valence electrons. The highest BCUT2D eigenvalue weighted by Gasteiger charge is 2.41. The van der Waals surface area contributed by atoms with Crippen molar-refractivity contribution in [2.45, 2.75) is 19.9 Å². The third-order valence-corrected chi connectivity index (χ3v) is 3.28. The second kappa shape index (κ2) is 5.21. The zero-order valence-electron chi connectivity index (χ0n) is 10.4. The summed E-state index contributed by atoms with van der Waals surface area (Å²) in [4.78, 5) is 24.4. The Morgan fingerprint density at radius 3 is 2.44 bits per heavy atom. The minimum Gasteiger partial charge on any atom is -0.480 e. The van der Waals surface area contributed by atoms with Gasteiger partial charge in [-0.1, -0.05) is 37.3 Å². The number of carboxylic acid groups (broad SMARTS) is 1. The smallest absolute Gasteiger partial charge is 0.323 e. The average Bonchev–Trinajstić information content (AvgIpc) is 3.05. The number of nitrogens with zero attached hydrogens (tertiary/aromatic N) is 1. The summed E-state index contributed by atoms with van der Waals surface area (Å²) in [7, 11) is 0. The van der Waals surface area contributed by atoms with Gasteiger partial charge in [-0.2, -0.15) is 0 Å². The molecule has 1 aliphatic rings. The van der Waals surface area contributed by atoms with Gasteiger partial charge in [-0.3, -0.25) is 9.59 Å². The van der Waals surface area contributed by atoms with Crippen molar-refractivity contribution in [3.63, 3.8) is 0 Å². The van der Waals surface area contributed by atoms with E-state index < -0.39 is 5.97 Å². The highest BCUT2D eigenvalue weighted by Crippen LogP contribution is 2.39. The maximum atomic E-state index is 12.1. The number of hydrogen-bond acceptors (Lipinski definition) is 2. The van der Waals surface area contributed by atoms with Crippen molar-refractivity contribution in [1.29, 1.82) is 0 Å². The van der Waals surface area contributed by atoms with Crippen molar-refractivity contribution in [2.75, 3.05) is 6.54 Å². The summed E-state index contributed by atoms with van der Waals surface area (Å²) in [5.74, 6) is -0.584. The molecule has 2 rings (SSSR count). The van der Waals surface area contributed by atoms with Crippen molar-refractivity contribution < 1.29 is 14.7 Å². The Kier molecular flexibility index (Phi) is 3.65. The molecule has 1 N–H and O–H groups in total. The van der Waals surface area contributed by atoms with E-state index in [9.17, 15) is 9.59 Å². The second-order valence-corrected chi connectivity index (χ2v) is 4.89. The molecular weight excluding hydrogens is 230 g/mol.